The van der Waals surface area contributed by atoms with Crippen molar-refractivity contribution in [1.82, 2.24) is 15.2 Å². The predicted octanol–water partition coefficient (Wildman–Crippen LogP) is 7.87. The van der Waals surface area contributed by atoms with Gasteiger partial charge in [0, 0.05) is 63.3 Å². The van der Waals surface area contributed by atoms with E-state index in [0.29, 0.717) is 38.0 Å². The van der Waals surface area contributed by atoms with Crippen molar-refractivity contribution < 1.29 is 34.1 Å². The van der Waals surface area contributed by atoms with Gasteiger partial charge in [-0.1, -0.05) is 60.1 Å². The fraction of sp³-hybridized carbons (Fsp3) is 0.792. The van der Waals surface area contributed by atoms with E-state index in [-0.39, 0.29) is 51.8 Å². The number of pyridine rings is 1. The number of methoxy groups -OCH3 is 1. The van der Waals surface area contributed by atoms with Crippen LogP contribution in [-0.4, -0.2) is 89.9 Å². The van der Waals surface area contributed by atoms with Crippen molar-refractivity contribution >= 4 is 17.7 Å². The Morgan fingerprint density at radius 2 is 1.72 bits per heavy atom. The number of Topliss-reactive ketones (excluding diaryl/α,β-unsaturated/α-hetero) is 1. The minimum absolute atomic E-state index is 0.0308. The molecule has 324 valence electrons. The van der Waals surface area contributed by atoms with Gasteiger partial charge in [0.15, 0.2) is 5.78 Å². The molecule has 10 heteroatoms. The molecule has 0 aromatic carbocycles. The first-order chi connectivity index (χ1) is 27.2. The van der Waals surface area contributed by atoms with E-state index in [1.807, 2.05) is 24.4 Å². The summed E-state index contributed by atoms with van der Waals surface area (Å²) in [4.78, 5) is 46.2. The van der Waals surface area contributed by atoms with Crippen LogP contribution in [0, 0.1) is 56.2 Å². The lowest BCUT2D eigenvalue weighted by Gasteiger charge is -2.72. The number of aliphatic carboxylic acids is 1. The van der Waals surface area contributed by atoms with E-state index in [0.717, 1.165) is 82.3 Å². The van der Waals surface area contributed by atoms with Crippen molar-refractivity contribution in [2.24, 2.45) is 56.2 Å². The van der Waals surface area contributed by atoms with Crippen LogP contribution in [0.25, 0.3) is 0 Å². The highest BCUT2D eigenvalue weighted by Crippen LogP contribution is 2.77. The highest BCUT2D eigenvalue weighted by atomic mass is 16.5. The average Bonchev–Trinajstić information content (AvgIpc) is 3.46. The van der Waals surface area contributed by atoms with Crippen LogP contribution in [0.2, 0.25) is 0 Å². The molecule has 6 rings (SSSR count). The number of carboxylic acids is 1. The Morgan fingerprint density at radius 1 is 0.983 bits per heavy atom. The summed E-state index contributed by atoms with van der Waals surface area (Å²) in [7, 11) is 1.71. The van der Waals surface area contributed by atoms with Gasteiger partial charge in [0.1, 0.15) is 6.10 Å². The average molecular weight is 806 g/mol. The number of carbonyl (C=O) groups is 3. The number of allylic oxidation sites excluding steroid dienone is 1. The monoisotopic (exact) mass is 806 g/mol. The first-order valence-electron chi connectivity index (χ1n) is 22.4. The Kier molecular flexibility index (Phi) is 12.9. The standard InChI is InChI=1S/C48H75N3O7/c1-31(2)40-34(52)27-48(37(53)30-51(25-23-49-24-26-57-10)29-32-13-11-12-22-50-32)21-20-46(8)33(41(40)48)14-15-36-45(7)18-17-38(58-39(54)28-43(3,4)42(55)56)44(5,6)35(45)16-19-47(36,46)9/h11-13,22,31,33,35-38,49,53H,14-21,23-30H2,1-10H3,(H,55,56)/t33-,35-,36-,37?,38+,45+,46-,47-,48?/m1/s1. The fourth-order valence-electron chi connectivity index (χ4n) is 13.8. The highest BCUT2D eigenvalue weighted by molar-refractivity contribution is 6.00. The van der Waals surface area contributed by atoms with Gasteiger partial charge in [-0.3, -0.25) is 24.3 Å². The number of hydrogen-bond acceptors (Lipinski definition) is 9. The zero-order chi connectivity index (χ0) is 42.5. The summed E-state index contributed by atoms with van der Waals surface area (Å²) >= 11 is 0. The third-order valence-corrected chi connectivity index (χ3v) is 17.1. The zero-order valence-electron chi connectivity index (χ0n) is 37.4. The minimum atomic E-state index is -1.17. The Bertz CT molecular complexity index is 1710. The Balaban J connectivity index is 1.27. The molecule has 5 aliphatic rings. The quantitative estimate of drug-likeness (QED) is 0.112. The van der Waals surface area contributed by atoms with Crippen molar-refractivity contribution in [2.75, 3.05) is 39.9 Å². The summed E-state index contributed by atoms with van der Waals surface area (Å²) < 4.78 is 11.4. The number of hydrogen-bond donors (Lipinski definition) is 3. The Hall–Kier alpha value is -2.66. The molecule has 0 amide bonds. The van der Waals surface area contributed by atoms with Crippen molar-refractivity contribution in [3.8, 4) is 0 Å². The molecular formula is C48H75N3O7. The molecule has 0 saturated heterocycles. The topological polar surface area (TPSA) is 138 Å². The smallest absolute Gasteiger partial charge is 0.309 e. The molecule has 1 aromatic heterocycles. The maximum atomic E-state index is 14.3. The summed E-state index contributed by atoms with van der Waals surface area (Å²) in [6, 6.07) is 5.98. The molecule has 3 N–H and O–H groups in total. The number of carbonyl (C=O) groups excluding carboxylic acids is 2. The molecule has 0 aliphatic heterocycles. The van der Waals surface area contributed by atoms with E-state index < -0.39 is 28.9 Å². The molecule has 0 radical (unpaired) electrons. The number of nitrogens with zero attached hydrogens (tertiary/aromatic N) is 2. The third-order valence-electron chi connectivity index (χ3n) is 17.1. The van der Waals surface area contributed by atoms with Crippen LogP contribution in [0.15, 0.2) is 35.5 Å². The molecule has 4 fully saturated rings. The molecule has 10 nitrogen and oxygen atoms in total. The van der Waals surface area contributed by atoms with Crippen LogP contribution in [0.5, 0.6) is 0 Å². The number of fused-ring (bicyclic) bond motifs is 7. The number of aromatic nitrogens is 1. The van der Waals surface area contributed by atoms with E-state index >= 15 is 0 Å². The summed E-state index contributed by atoms with van der Waals surface area (Å²) in [6.07, 6.45) is 8.86. The minimum Gasteiger partial charge on any atom is -0.481 e. The highest BCUT2D eigenvalue weighted by Gasteiger charge is 2.71. The largest absolute Gasteiger partial charge is 0.481 e. The van der Waals surface area contributed by atoms with Crippen LogP contribution in [0.4, 0.5) is 0 Å². The number of rotatable bonds is 16. The van der Waals surface area contributed by atoms with Crippen molar-refractivity contribution in [3.05, 3.63) is 41.2 Å². The van der Waals surface area contributed by atoms with E-state index in [4.69, 9.17) is 9.47 Å². The van der Waals surface area contributed by atoms with Crippen LogP contribution in [0.3, 0.4) is 0 Å². The molecule has 4 saturated carbocycles. The van der Waals surface area contributed by atoms with E-state index in [2.05, 4.69) is 63.7 Å². The van der Waals surface area contributed by atoms with Crippen LogP contribution in [0.1, 0.15) is 132 Å². The summed E-state index contributed by atoms with van der Waals surface area (Å²) in [5, 5.41) is 25.8. The van der Waals surface area contributed by atoms with Gasteiger partial charge in [-0.2, -0.15) is 0 Å². The van der Waals surface area contributed by atoms with E-state index in [1.54, 1.807) is 21.0 Å². The maximum Gasteiger partial charge on any atom is 0.309 e. The number of aliphatic hydroxyl groups excluding tert-OH is 1. The van der Waals surface area contributed by atoms with E-state index in [1.165, 1.54) is 5.57 Å². The third kappa shape index (κ3) is 7.75. The van der Waals surface area contributed by atoms with E-state index in [9.17, 15) is 24.6 Å². The number of ether oxygens (including phenoxy) is 2. The van der Waals surface area contributed by atoms with Crippen molar-refractivity contribution in [3.63, 3.8) is 0 Å². The normalized spacial score (nSPS) is 34.9. The lowest BCUT2D eigenvalue weighted by atomic mass is 9.33. The van der Waals surface area contributed by atoms with Crippen molar-refractivity contribution in [2.45, 2.75) is 145 Å². The van der Waals surface area contributed by atoms with Gasteiger partial charge in [-0.05, 0) is 123 Å². The first kappa shape index (κ1) is 44.9. The summed E-state index contributed by atoms with van der Waals surface area (Å²) in [5.74, 6) is -0.0398. The number of carboxylic acid groups (broad SMARTS) is 1. The van der Waals surface area contributed by atoms with Gasteiger partial charge < -0.3 is 25.0 Å². The first-order valence-corrected chi connectivity index (χ1v) is 22.4. The second-order valence-electron chi connectivity index (χ2n) is 21.4. The zero-order valence-corrected chi connectivity index (χ0v) is 37.4. The van der Waals surface area contributed by atoms with Gasteiger partial charge in [-0.25, -0.2) is 0 Å². The van der Waals surface area contributed by atoms with Gasteiger partial charge in [0.25, 0.3) is 0 Å². The van der Waals surface area contributed by atoms with Crippen molar-refractivity contribution in [1.29, 1.82) is 0 Å². The SMILES string of the molecule is COCCNCCN(Cc1ccccn1)CC(O)C12CC[C@]3(C)[C@H](CC[C@@H]4[C@@]5(C)CC[C@H](OC(=O)CC(C)(C)C(=O)O)C(C)(C)[C@H]5CC[C@]43C)C1=C(C(C)C)C(=O)C2. The molecule has 2 unspecified atom stereocenters. The van der Waals surface area contributed by atoms with Gasteiger partial charge >= 0.3 is 11.9 Å². The number of ketones is 1. The van der Waals surface area contributed by atoms with Crippen LogP contribution >= 0.6 is 0 Å². The maximum absolute atomic E-state index is 14.3. The Labute approximate surface area is 348 Å². The molecule has 0 bridgehead atoms. The summed E-state index contributed by atoms with van der Waals surface area (Å²) in [5.41, 5.74) is 1.28. The number of esters is 1. The number of aliphatic hydroxyl groups is 1. The molecule has 5 aliphatic carbocycles. The lowest BCUT2D eigenvalue weighted by Crippen LogP contribution is -2.66. The fourth-order valence-corrected chi connectivity index (χ4v) is 13.8. The molecular weight excluding hydrogens is 731 g/mol. The molecule has 58 heavy (non-hydrogen) atoms. The summed E-state index contributed by atoms with van der Waals surface area (Å²) in [6.45, 7) is 23.7. The van der Waals surface area contributed by atoms with Gasteiger partial charge in [-0.15, -0.1) is 0 Å². The lowest BCUT2D eigenvalue weighted by molar-refractivity contribution is -0.235. The second-order valence-corrected chi connectivity index (χ2v) is 21.4. The molecule has 1 heterocycles. The van der Waals surface area contributed by atoms with Crippen LogP contribution < -0.4 is 5.32 Å². The Morgan fingerprint density at radius 3 is 2.38 bits per heavy atom. The molecule has 9 atom stereocenters. The van der Waals surface area contributed by atoms with Gasteiger partial charge in [0.05, 0.1) is 30.2 Å². The molecule has 0 spiro atoms. The molecule has 1 aromatic rings. The van der Waals surface area contributed by atoms with Gasteiger partial charge in [0.2, 0.25) is 0 Å². The van der Waals surface area contributed by atoms with Crippen LogP contribution in [-0.2, 0) is 30.4 Å². The predicted molar refractivity (Wildman–Crippen MR) is 226 cm³/mol. The number of nitrogens with one attached hydrogen (secondary N) is 1. The second kappa shape index (κ2) is 16.7.